The van der Waals surface area contributed by atoms with E-state index in [1.165, 1.54) is 0 Å². The van der Waals surface area contributed by atoms with Crippen LogP contribution in [-0.2, 0) is 0 Å². The second-order valence-electron chi connectivity index (χ2n) is 0.984. The van der Waals surface area contributed by atoms with Gasteiger partial charge in [-0.05, 0) is 6.92 Å². The lowest BCUT2D eigenvalue weighted by Gasteiger charge is -1.90. The van der Waals surface area contributed by atoms with Crippen molar-refractivity contribution < 1.29 is 0 Å². The topological polar surface area (TPSA) is 62.8 Å². The molecule has 0 saturated heterocycles. The summed E-state index contributed by atoms with van der Waals surface area (Å²) in [6.07, 6.45) is 0. The third-order valence-electron chi connectivity index (χ3n) is 0.435. The molecule has 0 saturated carbocycles. The van der Waals surface area contributed by atoms with Gasteiger partial charge in [0.1, 0.15) is 5.84 Å². The Morgan fingerprint density at radius 1 is 1.86 bits per heavy atom. The van der Waals surface area contributed by atoms with Gasteiger partial charge in [0.25, 0.3) is 0 Å². The number of rotatable bonds is 1. The first-order valence-electron chi connectivity index (χ1n) is 1.77. The van der Waals surface area contributed by atoms with Crippen LogP contribution in [-0.4, -0.2) is 12.6 Å². The summed E-state index contributed by atoms with van der Waals surface area (Å²) in [5.74, 6) is 5.35. The molecule has 0 spiro atoms. The molecule has 0 unspecified atom stereocenters. The SMILES string of the molecule is C=NN/C(C)=N\N. The van der Waals surface area contributed by atoms with Crippen LogP contribution in [0.3, 0.4) is 0 Å². The predicted octanol–water partition coefficient (Wildman–Crippen LogP) is -0.516. The van der Waals surface area contributed by atoms with Gasteiger partial charge in [0, 0.05) is 6.72 Å². The number of nitrogens with zero attached hydrogens (tertiary/aromatic N) is 2. The smallest absolute Gasteiger partial charge is 0.138 e. The van der Waals surface area contributed by atoms with Gasteiger partial charge in [-0.3, -0.25) is 5.43 Å². The van der Waals surface area contributed by atoms with Crippen molar-refractivity contribution in [3.63, 3.8) is 0 Å². The maximum atomic E-state index is 4.80. The monoisotopic (exact) mass is 100 g/mol. The van der Waals surface area contributed by atoms with Gasteiger partial charge in [-0.15, -0.1) is 0 Å². The first-order valence-corrected chi connectivity index (χ1v) is 1.77. The third-order valence-corrected chi connectivity index (χ3v) is 0.435. The van der Waals surface area contributed by atoms with E-state index in [2.05, 4.69) is 22.3 Å². The van der Waals surface area contributed by atoms with E-state index in [4.69, 9.17) is 5.84 Å². The Balaban J connectivity index is 3.36. The normalized spacial score (nSPS) is 10.7. The second-order valence-corrected chi connectivity index (χ2v) is 0.984. The van der Waals surface area contributed by atoms with E-state index < -0.39 is 0 Å². The van der Waals surface area contributed by atoms with E-state index in [0.29, 0.717) is 5.84 Å². The summed E-state index contributed by atoms with van der Waals surface area (Å²) in [7, 11) is 0. The highest BCUT2D eigenvalue weighted by atomic mass is 15.3. The lowest BCUT2D eigenvalue weighted by Crippen LogP contribution is -2.13. The van der Waals surface area contributed by atoms with Gasteiger partial charge in [0.2, 0.25) is 0 Å². The molecule has 0 rings (SSSR count). The van der Waals surface area contributed by atoms with E-state index in [-0.39, 0.29) is 0 Å². The van der Waals surface area contributed by atoms with Gasteiger partial charge in [-0.25, -0.2) is 0 Å². The molecule has 0 bridgehead atoms. The number of nitrogens with two attached hydrogens (primary N) is 1. The van der Waals surface area contributed by atoms with Crippen LogP contribution in [0, 0.1) is 0 Å². The summed E-state index contributed by atoms with van der Waals surface area (Å²) in [4.78, 5) is 0. The van der Waals surface area contributed by atoms with Crippen molar-refractivity contribution in [2.45, 2.75) is 6.92 Å². The maximum absolute atomic E-state index is 4.80. The highest BCUT2D eigenvalue weighted by Gasteiger charge is 1.76. The number of nitrogens with one attached hydrogen (secondary N) is 1. The first-order chi connectivity index (χ1) is 3.31. The molecule has 3 N–H and O–H groups in total. The molecule has 0 aromatic heterocycles. The fourth-order valence-electron chi connectivity index (χ4n) is 0.143. The van der Waals surface area contributed by atoms with Crippen molar-refractivity contribution >= 4 is 12.6 Å². The summed E-state index contributed by atoms with van der Waals surface area (Å²) >= 11 is 0. The van der Waals surface area contributed by atoms with Crippen molar-refractivity contribution in [1.29, 1.82) is 0 Å². The van der Waals surface area contributed by atoms with Crippen molar-refractivity contribution in [2.24, 2.45) is 16.0 Å². The van der Waals surface area contributed by atoms with Crippen LogP contribution in [0.25, 0.3) is 0 Å². The average molecular weight is 100 g/mol. The minimum Gasteiger partial charge on any atom is -0.322 e. The Bertz CT molecular complexity index is 84.9. The number of hydrogen-bond donors (Lipinski definition) is 2. The van der Waals surface area contributed by atoms with Crippen LogP contribution in [0.15, 0.2) is 10.2 Å². The van der Waals surface area contributed by atoms with Crippen molar-refractivity contribution in [2.75, 3.05) is 0 Å². The van der Waals surface area contributed by atoms with Gasteiger partial charge in [0.05, 0.1) is 0 Å². The maximum Gasteiger partial charge on any atom is 0.138 e. The van der Waals surface area contributed by atoms with E-state index in [1.54, 1.807) is 6.92 Å². The predicted molar refractivity (Wildman–Crippen MR) is 30.0 cm³/mol. The number of hydrazone groups is 2. The van der Waals surface area contributed by atoms with E-state index in [1.807, 2.05) is 0 Å². The molecule has 4 nitrogen and oxygen atoms in total. The molecule has 0 amide bonds. The average Bonchev–Trinajstić information content (AvgIpc) is 1.68. The summed E-state index contributed by atoms with van der Waals surface area (Å²) in [6.45, 7) is 4.84. The van der Waals surface area contributed by atoms with Crippen LogP contribution >= 0.6 is 0 Å². The Morgan fingerprint density at radius 2 is 2.43 bits per heavy atom. The molecule has 0 atom stereocenters. The van der Waals surface area contributed by atoms with E-state index >= 15 is 0 Å². The number of amidine groups is 1. The van der Waals surface area contributed by atoms with Crippen molar-refractivity contribution in [3.8, 4) is 0 Å². The fourth-order valence-corrected chi connectivity index (χ4v) is 0.143. The molecule has 0 aromatic carbocycles. The highest BCUT2D eigenvalue weighted by Crippen LogP contribution is 1.60. The first kappa shape index (κ1) is 5.94. The zero-order chi connectivity index (χ0) is 5.70. The van der Waals surface area contributed by atoms with Gasteiger partial charge in [-0.2, -0.15) is 10.2 Å². The Hall–Kier alpha value is -1.06. The largest absolute Gasteiger partial charge is 0.322 e. The molecule has 0 aliphatic carbocycles. The van der Waals surface area contributed by atoms with Crippen molar-refractivity contribution in [3.05, 3.63) is 0 Å². The van der Waals surface area contributed by atoms with E-state index in [0.717, 1.165) is 0 Å². The van der Waals surface area contributed by atoms with Gasteiger partial charge >= 0.3 is 0 Å². The van der Waals surface area contributed by atoms with Crippen molar-refractivity contribution in [1.82, 2.24) is 5.43 Å². The fraction of sp³-hybridized carbons (Fsp3) is 0.333. The summed E-state index contributed by atoms with van der Waals surface area (Å²) in [5.41, 5.74) is 2.43. The van der Waals surface area contributed by atoms with Crippen LogP contribution in [0.1, 0.15) is 6.92 Å². The Kier molecular flexibility index (Phi) is 2.67. The quantitative estimate of drug-likeness (QED) is 0.201. The molecular formula is C3H8N4. The van der Waals surface area contributed by atoms with Gasteiger partial charge < -0.3 is 5.84 Å². The lowest BCUT2D eigenvalue weighted by molar-refractivity contribution is 1.01. The van der Waals surface area contributed by atoms with Crippen LogP contribution in [0.4, 0.5) is 0 Å². The Morgan fingerprint density at radius 3 is 2.57 bits per heavy atom. The zero-order valence-corrected chi connectivity index (χ0v) is 4.18. The lowest BCUT2D eigenvalue weighted by atomic mass is 10.7. The van der Waals surface area contributed by atoms with Crippen LogP contribution in [0.2, 0.25) is 0 Å². The number of hydrogen-bond acceptors (Lipinski definition) is 3. The summed E-state index contributed by atoms with van der Waals surface area (Å²) in [5, 5.41) is 6.55. The standard InChI is InChI=1S/C3H8N4/c1-3(6-4)7-5-2/h2,4H2,1H3,(H,6,7). The molecule has 0 aliphatic heterocycles. The highest BCUT2D eigenvalue weighted by molar-refractivity contribution is 5.78. The van der Waals surface area contributed by atoms with Crippen LogP contribution in [0.5, 0.6) is 0 Å². The molecular weight excluding hydrogens is 92.1 g/mol. The summed E-state index contributed by atoms with van der Waals surface area (Å²) < 4.78 is 0. The Labute approximate surface area is 42.1 Å². The summed E-state index contributed by atoms with van der Waals surface area (Å²) in [6, 6.07) is 0. The zero-order valence-electron chi connectivity index (χ0n) is 4.18. The molecule has 0 aromatic rings. The molecule has 0 aliphatic rings. The minimum atomic E-state index is 0.551. The molecule has 0 radical (unpaired) electrons. The molecule has 0 fully saturated rings. The molecule has 4 heteroatoms. The van der Waals surface area contributed by atoms with E-state index in [9.17, 15) is 0 Å². The minimum absolute atomic E-state index is 0.551. The third kappa shape index (κ3) is 2.75. The van der Waals surface area contributed by atoms with Gasteiger partial charge in [0.15, 0.2) is 0 Å². The molecule has 0 heterocycles. The van der Waals surface area contributed by atoms with Gasteiger partial charge in [-0.1, -0.05) is 0 Å². The molecule has 40 valence electrons. The van der Waals surface area contributed by atoms with Crippen LogP contribution < -0.4 is 11.3 Å². The second kappa shape index (κ2) is 3.14. The molecule has 7 heavy (non-hydrogen) atoms.